The molecule has 0 saturated heterocycles. The van der Waals surface area contributed by atoms with Gasteiger partial charge in [-0.1, -0.05) is 20.3 Å². The summed E-state index contributed by atoms with van der Waals surface area (Å²) >= 11 is 0. The van der Waals surface area contributed by atoms with E-state index in [-0.39, 0.29) is 0 Å². The second-order valence-corrected chi connectivity index (χ2v) is 3.16. The van der Waals surface area contributed by atoms with E-state index in [0.717, 1.165) is 0 Å². The lowest BCUT2D eigenvalue weighted by atomic mass is 9.96. The van der Waals surface area contributed by atoms with E-state index in [2.05, 4.69) is 26.1 Å². The zero-order valence-electron chi connectivity index (χ0n) is 8.35. The van der Waals surface area contributed by atoms with E-state index in [9.17, 15) is 0 Å². The topological polar surface area (TPSA) is 21.3 Å². The number of ether oxygens (including phenoxy) is 1. The summed E-state index contributed by atoms with van der Waals surface area (Å²) < 4.78 is 5.39. The molecule has 0 rings (SSSR count). The highest BCUT2D eigenvalue weighted by Gasteiger charge is 2.20. The second-order valence-electron chi connectivity index (χ2n) is 3.16. The average molecular weight is 159 g/mol. The van der Waals surface area contributed by atoms with Crippen molar-refractivity contribution < 1.29 is 4.74 Å². The molecule has 0 heterocycles. The third-order valence-corrected chi connectivity index (χ3v) is 2.43. The maximum absolute atomic E-state index is 5.39. The number of rotatable bonds is 5. The predicted molar refractivity (Wildman–Crippen MR) is 48.8 cm³/mol. The molecule has 0 aromatic rings. The third kappa shape index (κ3) is 3.21. The van der Waals surface area contributed by atoms with Crippen molar-refractivity contribution in [2.75, 3.05) is 14.2 Å². The summed E-state index contributed by atoms with van der Waals surface area (Å²) in [6, 6.07) is 0.440. The number of hydrogen-bond acceptors (Lipinski definition) is 2. The van der Waals surface area contributed by atoms with Crippen LogP contribution >= 0.6 is 0 Å². The fraction of sp³-hybridized carbons (Fsp3) is 1.00. The van der Waals surface area contributed by atoms with E-state index in [1.165, 1.54) is 6.42 Å². The average Bonchev–Trinajstić information content (AvgIpc) is 2.05. The van der Waals surface area contributed by atoms with Crippen LogP contribution < -0.4 is 5.32 Å². The SMILES string of the molecule is CCC(C)C(OC)C(C)NC. The minimum atomic E-state index is 0.338. The Morgan fingerprint density at radius 1 is 1.36 bits per heavy atom. The Balaban J connectivity index is 3.92. The number of nitrogens with one attached hydrogen (secondary N) is 1. The van der Waals surface area contributed by atoms with Crippen molar-refractivity contribution in [3.05, 3.63) is 0 Å². The number of likely N-dealkylation sites (N-methyl/N-ethyl adjacent to an activating group) is 1. The maximum Gasteiger partial charge on any atom is 0.0746 e. The minimum absolute atomic E-state index is 0.338. The van der Waals surface area contributed by atoms with Gasteiger partial charge in [-0.05, 0) is 19.9 Å². The normalized spacial score (nSPS) is 19.4. The lowest BCUT2D eigenvalue weighted by Gasteiger charge is -2.27. The van der Waals surface area contributed by atoms with Gasteiger partial charge >= 0.3 is 0 Å². The van der Waals surface area contributed by atoms with Crippen LogP contribution in [0.25, 0.3) is 0 Å². The van der Waals surface area contributed by atoms with Gasteiger partial charge in [-0.15, -0.1) is 0 Å². The first-order valence-electron chi connectivity index (χ1n) is 4.37. The Kier molecular flexibility index (Phi) is 5.51. The predicted octanol–water partition coefficient (Wildman–Crippen LogP) is 1.66. The Bertz CT molecular complexity index is 85.6. The molecule has 1 N–H and O–H groups in total. The minimum Gasteiger partial charge on any atom is -0.380 e. The summed E-state index contributed by atoms with van der Waals surface area (Å²) in [5.74, 6) is 0.627. The molecule has 2 nitrogen and oxygen atoms in total. The van der Waals surface area contributed by atoms with Gasteiger partial charge < -0.3 is 10.1 Å². The number of hydrogen-bond donors (Lipinski definition) is 1. The summed E-state index contributed by atoms with van der Waals surface area (Å²) in [6.07, 6.45) is 1.51. The van der Waals surface area contributed by atoms with Gasteiger partial charge in [0, 0.05) is 13.2 Å². The fourth-order valence-electron chi connectivity index (χ4n) is 1.33. The molecule has 2 heteroatoms. The van der Waals surface area contributed by atoms with Crippen molar-refractivity contribution >= 4 is 0 Å². The third-order valence-electron chi connectivity index (χ3n) is 2.43. The molecule has 0 aromatic carbocycles. The van der Waals surface area contributed by atoms with Crippen molar-refractivity contribution in [3.63, 3.8) is 0 Å². The molecule has 0 spiro atoms. The van der Waals surface area contributed by atoms with Crippen LogP contribution in [0.2, 0.25) is 0 Å². The highest BCUT2D eigenvalue weighted by molar-refractivity contribution is 4.75. The zero-order chi connectivity index (χ0) is 8.85. The van der Waals surface area contributed by atoms with Gasteiger partial charge in [-0.25, -0.2) is 0 Å². The Morgan fingerprint density at radius 3 is 2.18 bits per heavy atom. The number of methoxy groups -OCH3 is 1. The van der Waals surface area contributed by atoms with Crippen molar-refractivity contribution in [2.24, 2.45) is 5.92 Å². The molecule has 11 heavy (non-hydrogen) atoms. The quantitative estimate of drug-likeness (QED) is 0.658. The van der Waals surface area contributed by atoms with Crippen molar-refractivity contribution in [2.45, 2.75) is 39.3 Å². The van der Waals surface area contributed by atoms with Crippen molar-refractivity contribution in [1.29, 1.82) is 0 Å². The standard InChI is InChI=1S/C9H21NO/c1-6-7(2)9(11-5)8(3)10-4/h7-10H,6H2,1-5H3. The van der Waals surface area contributed by atoms with Gasteiger partial charge in [0.1, 0.15) is 0 Å². The van der Waals surface area contributed by atoms with Crippen LogP contribution in [0, 0.1) is 5.92 Å². The lowest BCUT2D eigenvalue weighted by molar-refractivity contribution is 0.0331. The highest BCUT2D eigenvalue weighted by Crippen LogP contribution is 2.13. The van der Waals surface area contributed by atoms with E-state index in [1.54, 1.807) is 7.11 Å². The molecule has 0 amide bonds. The Hall–Kier alpha value is -0.0800. The molecule has 0 aliphatic heterocycles. The van der Waals surface area contributed by atoms with Crippen LogP contribution in [0.4, 0.5) is 0 Å². The highest BCUT2D eigenvalue weighted by atomic mass is 16.5. The molecule has 68 valence electrons. The Labute approximate surface area is 70.3 Å². The largest absolute Gasteiger partial charge is 0.380 e. The van der Waals surface area contributed by atoms with Crippen LogP contribution in [0.5, 0.6) is 0 Å². The van der Waals surface area contributed by atoms with E-state index in [4.69, 9.17) is 4.74 Å². The molecule has 0 bridgehead atoms. The van der Waals surface area contributed by atoms with E-state index in [1.807, 2.05) is 7.05 Å². The van der Waals surface area contributed by atoms with E-state index in [0.29, 0.717) is 18.1 Å². The van der Waals surface area contributed by atoms with Crippen LogP contribution in [0.1, 0.15) is 27.2 Å². The monoisotopic (exact) mass is 159 g/mol. The molecule has 0 fully saturated rings. The molecular weight excluding hydrogens is 138 g/mol. The summed E-state index contributed by atoms with van der Waals surface area (Å²) in [7, 11) is 3.75. The van der Waals surface area contributed by atoms with Gasteiger partial charge in [-0.3, -0.25) is 0 Å². The van der Waals surface area contributed by atoms with Crippen LogP contribution in [-0.2, 0) is 4.74 Å². The first kappa shape index (κ1) is 10.9. The second kappa shape index (κ2) is 5.56. The smallest absolute Gasteiger partial charge is 0.0746 e. The van der Waals surface area contributed by atoms with Crippen LogP contribution in [0.15, 0.2) is 0 Å². The molecule has 0 aliphatic carbocycles. The summed E-state index contributed by atoms with van der Waals surface area (Å²) in [5, 5.41) is 3.21. The van der Waals surface area contributed by atoms with E-state index >= 15 is 0 Å². The van der Waals surface area contributed by atoms with E-state index < -0.39 is 0 Å². The molecule has 3 atom stereocenters. The maximum atomic E-state index is 5.39. The van der Waals surface area contributed by atoms with Crippen LogP contribution in [-0.4, -0.2) is 26.3 Å². The van der Waals surface area contributed by atoms with Gasteiger partial charge in [0.05, 0.1) is 6.10 Å². The molecular formula is C9H21NO. The van der Waals surface area contributed by atoms with Gasteiger partial charge in [0.2, 0.25) is 0 Å². The molecule has 0 saturated carbocycles. The molecule has 0 aliphatic rings. The molecule has 0 aromatic heterocycles. The summed E-state index contributed by atoms with van der Waals surface area (Å²) in [6.45, 7) is 6.57. The van der Waals surface area contributed by atoms with Gasteiger partial charge in [0.15, 0.2) is 0 Å². The van der Waals surface area contributed by atoms with Crippen molar-refractivity contribution in [3.8, 4) is 0 Å². The summed E-state index contributed by atoms with van der Waals surface area (Å²) in [4.78, 5) is 0. The first-order chi connectivity index (χ1) is 5.17. The van der Waals surface area contributed by atoms with Crippen LogP contribution in [0.3, 0.4) is 0 Å². The zero-order valence-corrected chi connectivity index (χ0v) is 8.35. The molecule has 0 radical (unpaired) electrons. The van der Waals surface area contributed by atoms with Crippen molar-refractivity contribution in [1.82, 2.24) is 5.32 Å². The summed E-state index contributed by atoms with van der Waals surface area (Å²) in [5.41, 5.74) is 0. The Morgan fingerprint density at radius 2 is 1.91 bits per heavy atom. The fourth-order valence-corrected chi connectivity index (χ4v) is 1.33. The van der Waals surface area contributed by atoms with Gasteiger partial charge in [0.25, 0.3) is 0 Å². The first-order valence-corrected chi connectivity index (χ1v) is 4.37. The lowest BCUT2D eigenvalue weighted by Crippen LogP contribution is -2.40. The van der Waals surface area contributed by atoms with Gasteiger partial charge in [-0.2, -0.15) is 0 Å². The molecule has 3 unspecified atom stereocenters.